The van der Waals surface area contributed by atoms with Crippen molar-refractivity contribution < 1.29 is 39.6 Å². The molecule has 0 saturated heterocycles. The number of thiol groups is 4. The summed E-state index contributed by atoms with van der Waals surface area (Å²) in [6.07, 6.45) is -0.507. The van der Waals surface area contributed by atoms with E-state index >= 15 is 0 Å². The van der Waals surface area contributed by atoms with Gasteiger partial charge < -0.3 is 39.6 Å². The van der Waals surface area contributed by atoms with Gasteiger partial charge in [-0.1, -0.05) is 0 Å². The van der Waals surface area contributed by atoms with Crippen molar-refractivity contribution in [2.75, 3.05) is 23.0 Å². The SMILES string of the molecule is O=C([O-])CC(CCS)(CCS)C(=O)[O-].O=C([O-])CC(CCS)(CCS)C(=O)[O-].[CH3][SnH2+4][CH3]. The van der Waals surface area contributed by atoms with Crippen LogP contribution in [0.5, 0.6) is 0 Å². The summed E-state index contributed by atoms with van der Waals surface area (Å²) in [5.74, 6) is -4.38. The molecule has 0 fully saturated rings. The predicted octanol–water partition coefficient (Wildman–Crippen LogP) is -2.74. The quantitative estimate of drug-likeness (QED) is 0.120. The Bertz CT molecular complexity index is 491. The van der Waals surface area contributed by atoms with E-state index < -0.39 is 47.5 Å². The Morgan fingerprint density at radius 1 is 0.613 bits per heavy atom. The standard InChI is InChI=1S/2C8H14O4S2.2CH3.Sn.2H/c2*9-6(10)5-8(1-3-13,2-4-14)7(11)12;;;;;/h2*13-14H,1-5H2,(H,9,10)(H,11,12);2*1H3;;;/q;;;;+4;;/p-4. The van der Waals surface area contributed by atoms with Crippen molar-refractivity contribution >= 4 is 95.5 Å². The van der Waals surface area contributed by atoms with Gasteiger partial charge in [0.2, 0.25) is 0 Å². The van der Waals surface area contributed by atoms with E-state index in [0.717, 1.165) is 0 Å². The van der Waals surface area contributed by atoms with Crippen molar-refractivity contribution in [3.63, 3.8) is 0 Å². The van der Waals surface area contributed by atoms with E-state index in [2.05, 4.69) is 60.4 Å². The summed E-state index contributed by atoms with van der Waals surface area (Å²) in [7, 11) is 0. The van der Waals surface area contributed by atoms with Gasteiger partial charge in [0.1, 0.15) is 0 Å². The van der Waals surface area contributed by atoms with Gasteiger partial charge in [-0.2, -0.15) is 50.5 Å². The zero-order valence-electron chi connectivity index (χ0n) is 17.8. The average molecular weight is 623 g/mol. The average Bonchev–Trinajstić information content (AvgIpc) is 2.62. The van der Waals surface area contributed by atoms with Gasteiger partial charge in [0.05, 0.1) is 0 Å². The Morgan fingerprint density at radius 2 is 0.806 bits per heavy atom. The zero-order chi connectivity index (χ0) is 25.1. The van der Waals surface area contributed by atoms with Crippen LogP contribution in [0.25, 0.3) is 0 Å². The molecule has 0 atom stereocenters. The van der Waals surface area contributed by atoms with Crippen LogP contribution >= 0.6 is 50.5 Å². The van der Waals surface area contributed by atoms with E-state index in [-0.39, 0.29) is 69.8 Å². The fraction of sp³-hybridized carbons (Fsp3) is 0.778. The van der Waals surface area contributed by atoms with Crippen molar-refractivity contribution in [3.8, 4) is 0 Å². The Hall–Kier alpha value is 0.0787. The van der Waals surface area contributed by atoms with Gasteiger partial charge >= 0.3 is 31.0 Å². The molecule has 8 nitrogen and oxygen atoms in total. The molecule has 0 aliphatic heterocycles. The number of carboxylic acids is 4. The monoisotopic (exact) mass is 624 g/mol. The van der Waals surface area contributed by atoms with Crippen molar-refractivity contribution in [1.29, 1.82) is 0 Å². The number of carboxylic acid groups (broad SMARTS) is 4. The second-order valence-corrected chi connectivity index (χ2v) is 12.7. The molecule has 0 rings (SSSR count). The van der Waals surface area contributed by atoms with Gasteiger partial charge in [-0.3, -0.25) is 0 Å². The second-order valence-electron chi connectivity index (χ2n) is 6.83. The molecule has 0 amide bonds. The van der Waals surface area contributed by atoms with Crippen LogP contribution in [0.2, 0.25) is 9.88 Å². The summed E-state index contributed by atoms with van der Waals surface area (Å²) in [6, 6.07) is 0. The topological polar surface area (TPSA) is 161 Å². The summed E-state index contributed by atoms with van der Waals surface area (Å²) in [5.41, 5.74) is -2.77. The third-order valence-corrected chi connectivity index (χ3v) is 5.09. The maximum absolute atomic E-state index is 10.9. The molecule has 0 aromatic carbocycles. The van der Waals surface area contributed by atoms with Crippen molar-refractivity contribution in [1.82, 2.24) is 0 Å². The van der Waals surface area contributed by atoms with Crippen molar-refractivity contribution in [3.05, 3.63) is 0 Å². The van der Waals surface area contributed by atoms with E-state index in [1.807, 2.05) is 0 Å². The Labute approximate surface area is 216 Å². The molecule has 13 heteroatoms. The first kappa shape index (κ1) is 35.7. The second kappa shape index (κ2) is 20.7. The zero-order valence-corrected chi connectivity index (χ0v) is 25.4. The van der Waals surface area contributed by atoms with Crippen LogP contribution < -0.4 is 20.4 Å². The fourth-order valence-electron chi connectivity index (χ4n) is 2.56. The van der Waals surface area contributed by atoms with E-state index in [9.17, 15) is 39.6 Å². The fourth-order valence-corrected chi connectivity index (χ4v) is 4.28. The Kier molecular flexibility index (Phi) is 23.8. The van der Waals surface area contributed by atoms with Crippen LogP contribution in [-0.2, 0) is 19.2 Å². The van der Waals surface area contributed by atoms with Gasteiger partial charge in [-0.05, 0) is 61.5 Å². The molecule has 0 heterocycles. The molecular formula is C18H32O8S4Sn. The van der Waals surface area contributed by atoms with Gasteiger partial charge in [-0.15, -0.1) is 0 Å². The first-order valence-corrected chi connectivity index (χ1v) is 20.2. The number of carbonyl (C=O) groups excluding carboxylic acids is 4. The van der Waals surface area contributed by atoms with Gasteiger partial charge in [0.25, 0.3) is 0 Å². The molecule has 0 aliphatic carbocycles. The first-order chi connectivity index (χ1) is 14.4. The third kappa shape index (κ3) is 16.4. The molecule has 0 aliphatic rings. The number of aliphatic carboxylic acids is 4. The first-order valence-electron chi connectivity index (χ1n) is 9.64. The molecule has 31 heavy (non-hydrogen) atoms. The summed E-state index contributed by atoms with van der Waals surface area (Å²) < 4.78 is 0. The molecule has 180 valence electrons. The van der Waals surface area contributed by atoms with Gasteiger partial charge in [-0.25, -0.2) is 0 Å². The molecular weight excluding hydrogens is 591 g/mol. The van der Waals surface area contributed by atoms with Crippen LogP contribution in [0.15, 0.2) is 0 Å². The van der Waals surface area contributed by atoms with Crippen molar-refractivity contribution in [2.24, 2.45) is 10.8 Å². The molecule has 0 spiro atoms. The van der Waals surface area contributed by atoms with E-state index in [0.29, 0.717) is 0 Å². The van der Waals surface area contributed by atoms with Crippen LogP contribution in [0.3, 0.4) is 0 Å². The minimum atomic E-state index is -1.39. The van der Waals surface area contributed by atoms with E-state index in [1.165, 1.54) is 0 Å². The predicted molar refractivity (Wildman–Crippen MR) is 128 cm³/mol. The van der Waals surface area contributed by atoms with Crippen LogP contribution in [0, 0.1) is 10.8 Å². The summed E-state index contributed by atoms with van der Waals surface area (Å²) >= 11 is 15.6. The van der Waals surface area contributed by atoms with E-state index in [4.69, 9.17) is 0 Å². The summed E-state index contributed by atoms with van der Waals surface area (Å²) in [5, 5.41) is 42.6. The summed E-state index contributed by atoms with van der Waals surface area (Å²) in [6.45, 7) is 0. The molecule has 0 aromatic heterocycles. The van der Waals surface area contributed by atoms with Crippen molar-refractivity contribution in [2.45, 2.75) is 48.4 Å². The number of hydrogen-bond acceptors (Lipinski definition) is 12. The normalized spacial score (nSPS) is 10.8. The molecule has 0 saturated carbocycles. The van der Waals surface area contributed by atoms with Crippen LogP contribution in [0.1, 0.15) is 38.5 Å². The van der Waals surface area contributed by atoms with Crippen LogP contribution in [0.4, 0.5) is 0 Å². The maximum atomic E-state index is 10.9. The Morgan fingerprint density at radius 3 is 0.903 bits per heavy atom. The van der Waals surface area contributed by atoms with Gasteiger partial charge in [0, 0.05) is 34.7 Å². The molecule has 0 aromatic rings. The Balaban J connectivity index is -0.000000448. The number of hydrogen-bond donors (Lipinski definition) is 4. The third-order valence-electron chi connectivity index (χ3n) is 4.19. The van der Waals surface area contributed by atoms with Crippen LogP contribution in [-0.4, -0.2) is 68.0 Å². The number of carbonyl (C=O) groups is 4. The number of rotatable bonds is 14. The molecule has 0 N–H and O–H groups in total. The molecule has 0 unspecified atom stereocenters. The minimum absolute atomic E-state index is 0.01000. The molecule has 4 radical (unpaired) electrons. The molecule has 0 bridgehead atoms. The van der Waals surface area contributed by atoms with Gasteiger partial charge in [0.15, 0.2) is 0 Å². The van der Waals surface area contributed by atoms with E-state index in [1.54, 1.807) is 0 Å². The summed E-state index contributed by atoms with van der Waals surface area (Å²) in [4.78, 5) is 47.2.